The highest BCUT2D eigenvalue weighted by Crippen LogP contribution is 2.14. The van der Waals surface area contributed by atoms with Gasteiger partial charge in [-0.2, -0.15) is 5.10 Å². The first-order valence-electron chi connectivity index (χ1n) is 10.7. The minimum Gasteiger partial charge on any atom is -0.378 e. The maximum atomic E-state index is 12.9. The Morgan fingerprint density at radius 3 is 2.12 bits per heavy atom. The highest BCUT2D eigenvalue weighted by molar-refractivity contribution is 6.05. The van der Waals surface area contributed by atoms with Crippen LogP contribution in [0.3, 0.4) is 0 Å². The van der Waals surface area contributed by atoms with Crippen molar-refractivity contribution in [3.63, 3.8) is 0 Å². The molecule has 3 rings (SSSR count). The highest BCUT2D eigenvalue weighted by atomic mass is 16.2. The number of carbonyl (C=O) groups excluding carboxylic acids is 2. The fourth-order valence-electron chi connectivity index (χ4n) is 3.04. The van der Waals surface area contributed by atoms with E-state index in [0.717, 1.165) is 23.2 Å². The summed E-state index contributed by atoms with van der Waals surface area (Å²) in [5.74, 6) is -0.890. The van der Waals surface area contributed by atoms with Gasteiger partial charge in [0, 0.05) is 25.3 Å². The molecular weight excluding hydrogens is 412 g/mol. The van der Waals surface area contributed by atoms with Gasteiger partial charge < -0.3 is 10.2 Å². The van der Waals surface area contributed by atoms with Crippen molar-refractivity contribution in [3.8, 4) is 0 Å². The van der Waals surface area contributed by atoms with E-state index in [0.29, 0.717) is 5.56 Å². The van der Waals surface area contributed by atoms with Gasteiger partial charge in [-0.1, -0.05) is 61.5 Å². The molecule has 6 nitrogen and oxygen atoms in total. The van der Waals surface area contributed by atoms with Gasteiger partial charge in [0.15, 0.2) is 0 Å². The van der Waals surface area contributed by atoms with Crippen LogP contribution in [-0.2, 0) is 11.2 Å². The van der Waals surface area contributed by atoms with Crippen LogP contribution in [0.1, 0.15) is 34.0 Å². The van der Waals surface area contributed by atoms with Gasteiger partial charge in [-0.3, -0.25) is 9.59 Å². The van der Waals surface area contributed by atoms with Crippen LogP contribution in [0.5, 0.6) is 0 Å². The van der Waals surface area contributed by atoms with Gasteiger partial charge in [0.25, 0.3) is 11.8 Å². The van der Waals surface area contributed by atoms with E-state index in [1.807, 2.05) is 73.6 Å². The van der Waals surface area contributed by atoms with E-state index in [2.05, 4.69) is 22.8 Å². The van der Waals surface area contributed by atoms with Crippen LogP contribution >= 0.6 is 0 Å². The van der Waals surface area contributed by atoms with E-state index in [4.69, 9.17) is 0 Å². The molecule has 0 saturated carbocycles. The Balaban J connectivity index is 1.79. The number of carbonyl (C=O) groups is 2. The second-order valence-electron chi connectivity index (χ2n) is 7.66. The predicted molar refractivity (Wildman–Crippen MR) is 134 cm³/mol. The van der Waals surface area contributed by atoms with Gasteiger partial charge in [0.05, 0.1) is 6.21 Å². The highest BCUT2D eigenvalue weighted by Gasteiger charge is 2.14. The first-order chi connectivity index (χ1) is 16.0. The fourth-order valence-corrected chi connectivity index (χ4v) is 3.04. The van der Waals surface area contributed by atoms with Crippen molar-refractivity contribution in [3.05, 3.63) is 107 Å². The van der Waals surface area contributed by atoms with Gasteiger partial charge in [-0.25, -0.2) is 5.43 Å². The van der Waals surface area contributed by atoms with E-state index in [-0.39, 0.29) is 11.6 Å². The SMILES string of the molecule is CCc1ccc(C=NNC(=O)C(=Cc2ccc(N(C)C)cc2)NC(=O)c2ccccc2)cc1. The number of rotatable bonds is 8. The van der Waals surface area contributed by atoms with Gasteiger partial charge in [0.1, 0.15) is 5.70 Å². The number of nitrogens with one attached hydrogen (secondary N) is 2. The number of hydrazone groups is 1. The summed E-state index contributed by atoms with van der Waals surface area (Å²) in [6.45, 7) is 2.09. The molecule has 0 aliphatic heterocycles. The largest absolute Gasteiger partial charge is 0.378 e. The molecule has 0 saturated heterocycles. The van der Waals surface area contributed by atoms with Crippen LogP contribution in [0, 0.1) is 0 Å². The monoisotopic (exact) mass is 440 g/mol. The number of hydrogen-bond acceptors (Lipinski definition) is 4. The number of anilines is 1. The van der Waals surface area contributed by atoms with Crippen LogP contribution in [-0.4, -0.2) is 32.1 Å². The summed E-state index contributed by atoms with van der Waals surface area (Å²) >= 11 is 0. The van der Waals surface area contributed by atoms with Crippen molar-refractivity contribution in [1.82, 2.24) is 10.7 Å². The summed E-state index contributed by atoms with van der Waals surface area (Å²) in [4.78, 5) is 27.5. The molecule has 168 valence electrons. The minimum atomic E-state index is -0.516. The molecule has 0 aliphatic rings. The quantitative estimate of drug-likeness (QED) is 0.313. The van der Waals surface area contributed by atoms with Crippen LogP contribution in [0.4, 0.5) is 5.69 Å². The molecule has 0 fully saturated rings. The van der Waals surface area contributed by atoms with Gasteiger partial charge in [-0.15, -0.1) is 0 Å². The van der Waals surface area contributed by atoms with Crippen molar-refractivity contribution in [2.45, 2.75) is 13.3 Å². The van der Waals surface area contributed by atoms with Crippen molar-refractivity contribution >= 4 is 29.8 Å². The summed E-state index contributed by atoms with van der Waals surface area (Å²) in [6.07, 6.45) is 4.15. The van der Waals surface area contributed by atoms with Crippen LogP contribution in [0.15, 0.2) is 89.7 Å². The molecule has 33 heavy (non-hydrogen) atoms. The summed E-state index contributed by atoms with van der Waals surface area (Å²) in [5, 5.41) is 6.76. The molecule has 0 atom stereocenters. The molecule has 0 heterocycles. The van der Waals surface area contributed by atoms with Gasteiger partial charge >= 0.3 is 0 Å². The number of nitrogens with zero attached hydrogens (tertiary/aromatic N) is 2. The molecule has 3 aromatic rings. The van der Waals surface area contributed by atoms with Gasteiger partial charge in [0.2, 0.25) is 0 Å². The topological polar surface area (TPSA) is 73.8 Å². The zero-order valence-electron chi connectivity index (χ0n) is 19.1. The molecule has 0 bridgehead atoms. The first-order valence-corrected chi connectivity index (χ1v) is 10.7. The van der Waals surface area contributed by atoms with E-state index in [9.17, 15) is 9.59 Å². The van der Waals surface area contributed by atoms with E-state index < -0.39 is 5.91 Å². The second-order valence-corrected chi connectivity index (χ2v) is 7.66. The molecule has 0 unspecified atom stereocenters. The van der Waals surface area contributed by atoms with Gasteiger partial charge in [-0.05, 0) is 53.5 Å². The average molecular weight is 441 g/mol. The maximum Gasteiger partial charge on any atom is 0.287 e. The average Bonchev–Trinajstić information content (AvgIpc) is 2.84. The number of benzene rings is 3. The summed E-state index contributed by atoms with van der Waals surface area (Å²) in [6, 6.07) is 24.3. The molecule has 0 aliphatic carbocycles. The van der Waals surface area contributed by atoms with Crippen molar-refractivity contribution in [2.75, 3.05) is 19.0 Å². The Hall–Kier alpha value is -4.19. The number of hydrogen-bond donors (Lipinski definition) is 2. The van der Waals surface area contributed by atoms with Crippen LogP contribution in [0.25, 0.3) is 6.08 Å². The molecule has 0 aromatic heterocycles. The molecule has 0 spiro atoms. The normalized spacial score (nSPS) is 11.3. The van der Waals surface area contributed by atoms with Crippen LogP contribution < -0.4 is 15.6 Å². The first kappa shape index (κ1) is 23.5. The lowest BCUT2D eigenvalue weighted by atomic mass is 10.1. The zero-order valence-corrected chi connectivity index (χ0v) is 19.1. The van der Waals surface area contributed by atoms with Crippen molar-refractivity contribution in [1.29, 1.82) is 0 Å². The smallest absolute Gasteiger partial charge is 0.287 e. The lowest BCUT2D eigenvalue weighted by molar-refractivity contribution is -0.117. The molecular formula is C27H28N4O2. The molecule has 3 aromatic carbocycles. The molecule has 2 N–H and O–H groups in total. The van der Waals surface area contributed by atoms with E-state index in [1.54, 1.807) is 36.6 Å². The lowest BCUT2D eigenvalue weighted by Crippen LogP contribution is -2.32. The Kier molecular flexibility index (Phi) is 8.13. The summed E-state index contributed by atoms with van der Waals surface area (Å²) in [7, 11) is 3.91. The minimum absolute atomic E-state index is 0.0972. The standard InChI is InChI=1S/C27H28N4O2/c1-4-20-10-12-22(13-11-20)19-28-30-27(33)25(29-26(32)23-8-6-5-7-9-23)18-21-14-16-24(17-15-21)31(2)3/h5-19H,4H2,1-3H3,(H,29,32)(H,30,33). The van der Waals surface area contributed by atoms with Crippen LogP contribution in [0.2, 0.25) is 0 Å². The fraction of sp³-hybridized carbons (Fsp3) is 0.148. The lowest BCUT2D eigenvalue weighted by Gasteiger charge is -2.12. The molecule has 0 radical (unpaired) electrons. The third-order valence-corrected chi connectivity index (χ3v) is 5.02. The maximum absolute atomic E-state index is 12.9. The Bertz CT molecular complexity index is 1130. The zero-order chi connectivity index (χ0) is 23.6. The predicted octanol–water partition coefficient (Wildman–Crippen LogP) is 4.24. The Morgan fingerprint density at radius 1 is 0.879 bits per heavy atom. The third-order valence-electron chi connectivity index (χ3n) is 5.02. The summed E-state index contributed by atoms with van der Waals surface area (Å²) in [5.41, 5.74) is 6.96. The van der Waals surface area contributed by atoms with E-state index in [1.165, 1.54) is 5.56 Å². The molecule has 2 amide bonds. The van der Waals surface area contributed by atoms with Crippen molar-refractivity contribution < 1.29 is 9.59 Å². The number of aryl methyl sites for hydroxylation is 1. The second kappa shape index (κ2) is 11.4. The van der Waals surface area contributed by atoms with E-state index >= 15 is 0 Å². The Morgan fingerprint density at radius 2 is 1.52 bits per heavy atom. The summed E-state index contributed by atoms with van der Waals surface area (Å²) < 4.78 is 0. The molecule has 6 heteroatoms. The third kappa shape index (κ3) is 6.90. The Labute approximate surface area is 194 Å². The van der Waals surface area contributed by atoms with Crippen molar-refractivity contribution in [2.24, 2.45) is 5.10 Å². The number of amides is 2.